The van der Waals surface area contributed by atoms with Crippen LogP contribution in [0.2, 0.25) is 0 Å². The van der Waals surface area contributed by atoms with Gasteiger partial charge in [0.15, 0.2) is 0 Å². The molecule has 1 fully saturated rings. The monoisotopic (exact) mass is 346 g/mol. The highest BCUT2D eigenvalue weighted by atomic mass is 79.9. The van der Waals surface area contributed by atoms with E-state index in [4.69, 9.17) is 4.98 Å². The summed E-state index contributed by atoms with van der Waals surface area (Å²) in [6.07, 6.45) is 4.71. The Bertz CT molecular complexity index is 681. The maximum absolute atomic E-state index is 12.2. The number of nitrogens with one attached hydrogen (secondary N) is 1. The molecule has 1 aliphatic rings. The molecule has 0 amide bonds. The first-order valence-corrected chi connectivity index (χ1v) is 8.33. The van der Waals surface area contributed by atoms with Crippen LogP contribution < -0.4 is 5.56 Å². The maximum atomic E-state index is 12.2. The lowest BCUT2D eigenvalue weighted by molar-refractivity contribution is 0.516. The van der Waals surface area contributed by atoms with Gasteiger partial charge in [-0.15, -0.1) is 0 Å². The second kappa shape index (κ2) is 6.14. The predicted octanol–water partition coefficient (Wildman–Crippen LogP) is 4.49. The number of benzene rings is 1. The van der Waals surface area contributed by atoms with Crippen molar-refractivity contribution in [2.75, 3.05) is 0 Å². The van der Waals surface area contributed by atoms with Gasteiger partial charge in [0.05, 0.1) is 5.69 Å². The van der Waals surface area contributed by atoms with E-state index >= 15 is 0 Å². The van der Waals surface area contributed by atoms with E-state index in [9.17, 15) is 4.79 Å². The van der Waals surface area contributed by atoms with Crippen LogP contribution in [0.5, 0.6) is 0 Å². The zero-order chi connectivity index (χ0) is 14.8. The van der Waals surface area contributed by atoms with Gasteiger partial charge in [0.2, 0.25) is 0 Å². The highest BCUT2D eigenvalue weighted by Gasteiger charge is 2.27. The SMILES string of the molecule is CCC1CCC(c2nc(-c3ccccc3)c(Br)c(=O)[nH]2)C1. The fraction of sp³-hybridized carbons (Fsp3) is 0.412. The Kier molecular flexibility index (Phi) is 4.24. The van der Waals surface area contributed by atoms with Gasteiger partial charge in [0.1, 0.15) is 10.3 Å². The second-order valence-electron chi connectivity index (χ2n) is 5.76. The lowest BCUT2D eigenvalue weighted by atomic mass is 10.0. The van der Waals surface area contributed by atoms with Crippen molar-refractivity contribution in [3.8, 4) is 11.3 Å². The Hall–Kier alpha value is -1.42. The Morgan fingerprint density at radius 2 is 2.05 bits per heavy atom. The molecule has 0 bridgehead atoms. The molecule has 0 radical (unpaired) electrons. The van der Waals surface area contributed by atoms with Gasteiger partial charge < -0.3 is 4.98 Å². The number of nitrogens with zero attached hydrogens (tertiary/aromatic N) is 1. The molecule has 0 saturated heterocycles. The summed E-state index contributed by atoms with van der Waals surface area (Å²) in [6, 6.07) is 9.87. The molecule has 2 aromatic rings. The summed E-state index contributed by atoms with van der Waals surface area (Å²) in [5, 5.41) is 0. The highest BCUT2D eigenvalue weighted by Crippen LogP contribution is 2.38. The van der Waals surface area contributed by atoms with E-state index in [1.807, 2.05) is 30.3 Å². The van der Waals surface area contributed by atoms with Crippen LogP contribution in [-0.4, -0.2) is 9.97 Å². The van der Waals surface area contributed by atoms with E-state index in [0.717, 1.165) is 35.8 Å². The molecule has 1 aliphatic carbocycles. The first-order chi connectivity index (χ1) is 10.2. The van der Waals surface area contributed by atoms with E-state index < -0.39 is 0 Å². The molecular formula is C17H19BrN2O. The lowest BCUT2D eigenvalue weighted by Gasteiger charge is -2.12. The van der Waals surface area contributed by atoms with Crippen molar-refractivity contribution in [2.24, 2.45) is 5.92 Å². The zero-order valence-electron chi connectivity index (χ0n) is 12.1. The van der Waals surface area contributed by atoms with Crippen LogP contribution in [0.3, 0.4) is 0 Å². The third-order valence-electron chi connectivity index (χ3n) is 4.43. The van der Waals surface area contributed by atoms with Gasteiger partial charge in [-0.2, -0.15) is 0 Å². The average Bonchev–Trinajstić information content (AvgIpc) is 3.00. The topological polar surface area (TPSA) is 45.8 Å². The number of aromatic amines is 1. The molecule has 1 N–H and O–H groups in total. The highest BCUT2D eigenvalue weighted by molar-refractivity contribution is 9.10. The third-order valence-corrected chi connectivity index (χ3v) is 5.17. The van der Waals surface area contributed by atoms with Crippen molar-refractivity contribution >= 4 is 15.9 Å². The third kappa shape index (κ3) is 2.95. The Morgan fingerprint density at radius 3 is 2.71 bits per heavy atom. The van der Waals surface area contributed by atoms with Crippen LogP contribution in [0, 0.1) is 5.92 Å². The van der Waals surface area contributed by atoms with Crippen molar-refractivity contribution in [1.82, 2.24) is 9.97 Å². The van der Waals surface area contributed by atoms with Crippen LogP contribution in [0.25, 0.3) is 11.3 Å². The van der Waals surface area contributed by atoms with E-state index in [1.54, 1.807) is 0 Å². The molecule has 3 nitrogen and oxygen atoms in total. The van der Waals surface area contributed by atoms with E-state index in [-0.39, 0.29) is 5.56 Å². The summed E-state index contributed by atoms with van der Waals surface area (Å²) in [7, 11) is 0. The number of hydrogen-bond acceptors (Lipinski definition) is 2. The maximum Gasteiger partial charge on any atom is 0.265 e. The normalized spacial score (nSPS) is 21.6. The van der Waals surface area contributed by atoms with Crippen LogP contribution >= 0.6 is 15.9 Å². The minimum atomic E-state index is -0.0844. The van der Waals surface area contributed by atoms with Gasteiger partial charge in [0.25, 0.3) is 5.56 Å². The molecular weight excluding hydrogens is 328 g/mol. The predicted molar refractivity (Wildman–Crippen MR) is 88.4 cm³/mol. The van der Waals surface area contributed by atoms with Crippen molar-refractivity contribution in [3.63, 3.8) is 0 Å². The van der Waals surface area contributed by atoms with Crippen molar-refractivity contribution < 1.29 is 0 Å². The van der Waals surface area contributed by atoms with E-state index in [2.05, 4.69) is 27.8 Å². The second-order valence-corrected chi connectivity index (χ2v) is 6.56. The fourth-order valence-corrected chi connectivity index (χ4v) is 3.57. The molecule has 0 spiro atoms. The van der Waals surface area contributed by atoms with Gasteiger partial charge in [0, 0.05) is 11.5 Å². The van der Waals surface area contributed by atoms with E-state index in [0.29, 0.717) is 10.4 Å². The summed E-state index contributed by atoms with van der Waals surface area (Å²) in [5.74, 6) is 2.00. The molecule has 3 rings (SSSR count). The van der Waals surface area contributed by atoms with Crippen molar-refractivity contribution in [1.29, 1.82) is 0 Å². The molecule has 4 heteroatoms. The van der Waals surface area contributed by atoms with Gasteiger partial charge >= 0.3 is 0 Å². The minimum absolute atomic E-state index is 0.0844. The molecule has 1 heterocycles. The number of H-pyrrole nitrogens is 1. The Morgan fingerprint density at radius 1 is 1.29 bits per heavy atom. The summed E-state index contributed by atoms with van der Waals surface area (Å²) < 4.78 is 0.516. The standard InChI is InChI=1S/C17H19BrN2O/c1-2-11-8-9-13(10-11)16-19-15(14(18)17(21)20-16)12-6-4-3-5-7-12/h3-7,11,13H,2,8-10H2,1H3,(H,19,20,21). The van der Waals surface area contributed by atoms with Gasteiger partial charge in [-0.05, 0) is 41.1 Å². The minimum Gasteiger partial charge on any atom is -0.309 e. The summed E-state index contributed by atoms with van der Waals surface area (Å²) in [4.78, 5) is 19.9. The number of aromatic nitrogens is 2. The molecule has 2 unspecified atom stereocenters. The zero-order valence-corrected chi connectivity index (χ0v) is 13.7. The smallest absolute Gasteiger partial charge is 0.265 e. The van der Waals surface area contributed by atoms with Crippen molar-refractivity contribution in [3.05, 3.63) is 51.0 Å². The number of rotatable bonds is 3. The molecule has 110 valence electrons. The quantitative estimate of drug-likeness (QED) is 0.889. The van der Waals surface area contributed by atoms with Crippen LogP contribution in [0.4, 0.5) is 0 Å². The van der Waals surface area contributed by atoms with Crippen LogP contribution in [0.1, 0.15) is 44.3 Å². The number of hydrogen-bond donors (Lipinski definition) is 1. The molecule has 2 atom stereocenters. The average molecular weight is 347 g/mol. The molecule has 1 aromatic heterocycles. The van der Waals surface area contributed by atoms with Crippen molar-refractivity contribution in [2.45, 2.75) is 38.5 Å². The molecule has 1 aromatic carbocycles. The largest absolute Gasteiger partial charge is 0.309 e. The lowest BCUT2D eigenvalue weighted by Crippen LogP contribution is -2.16. The first kappa shape index (κ1) is 14.5. The summed E-state index contributed by atoms with van der Waals surface area (Å²) in [6.45, 7) is 2.24. The van der Waals surface area contributed by atoms with Crippen LogP contribution in [-0.2, 0) is 0 Å². The number of halogens is 1. The van der Waals surface area contributed by atoms with Crippen LogP contribution in [0.15, 0.2) is 39.6 Å². The summed E-state index contributed by atoms with van der Waals surface area (Å²) in [5.41, 5.74) is 1.63. The van der Waals surface area contributed by atoms with Gasteiger partial charge in [-0.1, -0.05) is 43.7 Å². The fourth-order valence-electron chi connectivity index (χ4n) is 3.15. The molecule has 21 heavy (non-hydrogen) atoms. The van der Waals surface area contributed by atoms with E-state index in [1.165, 1.54) is 12.8 Å². The Labute approximate surface area is 133 Å². The van der Waals surface area contributed by atoms with Gasteiger partial charge in [-0.25, -0.2) is 4.98 Å². The van der Waals surface area contributed by atoms with Gasteiger partial charge in [-0.3, -0.25) is 4.79 Å². The first-order valence-electron chi connectivity index (χ1n) is 7.54. The molecule has 1 saturated carbocycles. The Balaban J connectivity index is 2.01. The molecule has 0 aliphatic heterocycles. The summed E-state index contributed by atoms with van der Waals surface area (Å²) >= 11 is 3.38.